The Balaban J connectivity index is 0.00000180. The number of halogens is 1. The molecule has 0 aliphatic heterocycles. The molecule has 2 aromatic rings. The molecule has 0 bridgehead atoms. The van der Waals surface area contributed by atoms with Crippen molar-refractivity contribution in [2.45, 2.75) is 26.8 Å². The van der Waals surface area contributed by atoms with Gasteiger partial charge in [-0.2, -0.15) is 0 Å². The molecule has 3 heteroatoms. The van der Waals surface area contributed by atoms with E-state index in [1.807, 2.05) is 37.3 Å². The summed E-state index contributed by atoms with van der Waals surface area (Å²) in [5.41, 5.74) is 9.26. The zero-order chi connectivity index (χ0) is 13.1. The lowest BCUT2D eigenvalue weighted by atomic mass is 10.1. The lowest BCUT2D eigenvalue weighted by Gasteiger charge is -2.16. The van der Waals surface area contributed by atoms with Gasteiger partial charge in [-0.25, -0.2) is 0 Å². The zero-order valence-corrected chi connectivity index (χ0v) is 12.3. The summed E-state index contributed by atoms with van der Waals surface area (Å²) in [5.74, 6) is 1.76. The van der Waals surface area contributed by atoms with Gasteiger partial charge in [0.25, 0.3) is 0 Å². The molecule has 0 aliphatic carbocycles. The number of hydrogen-bond acceptors (Lipinski definition) is 2. The number of ether oxygens (including phenoxy) is 1. The molecule has 102 valence electrons. The van der Waals surface area contributed by atoms with Gasteiger partial charge < -0.3 is 10.5 Å². The highest BCUT2D eigenvalue weighted by atomic mass is 35.5. The van der Waals surface area contributed by atoms with Crippen molar-refractivity contribution in [3.05, 3.63) is 59.2 Å². The quantitative estimate of drug-likeness (QED) is 0.894. The van der Waals surface area contributed by atoms with Crippen molar-refractivity contribution >= 4 is 12.4 Å². The fourth-order valence-corrected chi connectivity index (χ4v) is 2.02. The number of nitrogens with two attached hydrogens (primary N) is 1. The molecule has 0 unspecified atom stereocenters. The second-order valence-electron chi connectivity index (χ2n) is 4.65. The Morgan fingerprint density at radius 3 is 2.11 bits per heavy atom. The van der Waals surface area contributed by atoms with Crippen molar-refractivity contribution in [3.8, 4) is 11.5 Å². The number of hydrogen-bond donors (Lipinski definition) is 1. The Hall–Kier alpha value is -1.51. The second-order valence-corrected chi connectivity index (χ2v) is 4.65. The fourth-order valence-electron chi connectivity index (χ4n) is 2.02. The average molecular weight is 278 g/mol. The van der Waals surface area contributed by atoms with Crippen molar-refractivity contribution in [1.29, 1.82) is 0 Å². The second kappa shape index (κ2) is 6.60. The largest absolute Gasteiger partial charge is 0.456 e. The summed E-state index contributed by atoms with van der Waals surface area (Å²) in [4.78, 5) is 0. The van der Waals surface area contributed by atoms with Gasteiger partial charge in [0, 0.05) is 11.6 Å². The zero-order valence-electron chi connectivity index (χ0n) is 11.5. The van der Waals surface area contributed by atoms with Gasteiger partial charge in [0.2, 0.25) is 0 Å². The van der Waals surface area contributed by atoms with E-state index in [1.165, 1.54) is 0 Å². The number of rotatable bonds is 3. The lowest BCUT2D eigenvalue weighted by molar-refractivity contribution is 0.465. The molecule has 0 saturated carbocycles. The van der Waals surface area contributed by atoms with Crippen LogP contribution in [0.4, 0.5) is 0 Å². The van der Waals surface area contributed by atoms with Gasteiger partial charge in [-0.1, -0.05) is 36.4 Å². The van der Waals surface area contributed by atoms with Crippen LogP contribution < -0.4 is 10.5 Å². The van der Waals surface area contributed by atoms with Crippen LogP contribution in [0, 0.1) is 13.8 Å². The molecule has 0 spiro atoms. The summed E-state index contributed by atoms with van der Waals surface area (Å²) in [6.07, 6.45) is 0. The summed E-state index contributed by atoms with van der Waals surface area (Å²) >= 11 is 0. The van der Waals surface area contributed by atoms with Crippen LogP contribution in [0.3, 0.4) is 0 Å². The first-order chi connectivity index (χ1) is 8.59. The minimum Gasteiger partial charge on any atom is -0.456 e. The first kappa shape index (κ1) is 15.5. The normalized spacial score (nSPS) is 11.6. The molecule has 1 atom stereocenters. The molecule has 2 nitrogen and oxygen atoms in total. The Kier molecular flexibility index (Phi) is 5.40. The monoisotopic (exact) mass is 277 g/mol. The van der Waals surface area contributed by atoms with Gasteiger partial charge in [0.15, 0.2) is 0 Å². The molecule has 0 saturated heterocycles. The predicted molar refractivity (Wildman–Crippen MR) is 82.3 cm³/mol. The van der Waals surface area contributed by atoms with Crippen molar-refractivity contribution in [2.24, 2.45) is 5.73 Å². The Morgan fingerprint density at radius 2 is 1.53 bits per heavy atom. The van der Waals surface area contributed by atoms with Crippen LogP contribution in [0.25, 0.3) is 0 Å². The average Bonchev–Trinajstić information content (AvgIpc) is 2.34. The van der Waals surface area contributed by atoms with E-state index < -0.39 is 0 Å². The van der Waals surface area contributed by atoms with Crippen LogP contribution in [-0.2, 0) is 0 Å². The molecular weight excluding hydrogens is 258 g/mol. The van der Waals surface area contributed by atoms with E-state index in [1.54, 1.807) is 0 Å². The van der Waals surface area contributed by atoms with E-state index >= 15 is 0 Å². The molecule has 0 fully saturated rings. The Bertz CT molecular complexity index is 532. The molecule has 0 aromatic heterocycles. The van der Waals surface area contributed by atoms with Crippen molar-refractivity contribution < 1.29 is 4.74 Å². The highest BCUT2D eigenvalue weighted by molar-refractivity contribution is 5.85. The summed E-state index contributed by atoms with van der Waals surface area (Å²) in [6.45, 7) is 6.07. The van der Waals surface area contributed by atoms with Crippen LogP contribution in [0.15, 0.2) is 42.5 Å². The molecule has 2 N–H and O–H groups in total. The molecular formula is C16H20ClNO. The van der Waals surface area contributed by atoms with Crippen molar-refractivity contribution in [2.75, 3.05) is 0 Å². The topological polar surface area (TPSA) is 35.2 Å². The van der Waals surface area contributed by atoms with Gasteiger partial charge >= 0.3 is 0 Å². The van der Waals surface area contributed by atoms with E-state index in [0.29, 0.717) is 0 Å². The van der Waals surface area contributed by atoms with Gasteiger partial charge in [0.1, 0.15) is 11.5 Å². The van der Waals surface area contributed by atoms with Crippen LogP contribution in [0.2, 0.25) is 0 Å². The van der Waals surface area contributed by atoms with E-state index in [0.717, 1.165) is 28.2 Å². The summed E-state index contributed by atoms with van der Waals surface area (Å²) in [7, 11) is 0. The summed E-state index contributed by atoms with van der Waals surface area (Å²) in [5, 5.41) is 0. The molecule has 0 radical (unpaired) electrons. The Labute approximate surface area is 121 Å². The molecule has 19 heavy (non-hydrogen) atoms. The maximum atomic E-state index is 6.05. The first-order valence-corrected chi connectivity index (χ1v) is 6.18. The third-order valence-corrected chi connectivity index (χ3v) is 3.03. The Morgan fingerprint density at radius 1 is 0.947 bits per heavy atom. The number of aryl methyl sites for hydroxylation is 2. The predicted octanol–water partition coefficient (Wildman–Crippen LogP) is 4.54. The molecule has 2 rings (SSSR count). The third-order valence-electron chi connectivity index (χ3n) is 3.03. The third kappa shape index (κ3) is 3.49. The molecule has 0 heterocycles. The van der Waals surface area contributed by atoms with Crippen LogP contribution in [0.1, 0.15) is 29.7 Å². The molecule has 0 aliphatic rings. The fraction of sp³-hybridized carbons (Fsp3) is 0.250. The highest BCUT2D eigenvalue weighted by Gasteiger charge is 2.10. The van der Waals surface area contributed by atoms with Crippen molar-refractivity contribution in [3.63, 3.8) is 0 Å². The van der Waals surface area contributed by atoms with Gasteiger partial charge in [-0.15, -0.1) is 12.4 Å². The van der Waals surface area contributed by atoms with Crippen LogP contribution >= 0.6 is 12.4 Å². The SMILES string of the molecule is Cc1cccc(C)c1Oc1ccccc1[C@@H](C)N.Cl. The van der Waals surface area contributed by atoms with E-state index in [4.69, 9.17) is 10.5 Å². The van der Waals surface area contributed by atoms with Crippen LogP contribution in [-0.4, -0.2) is 0 Å². The maximum Gasteiger partial charge on any atom is 0.133 e. The number of benzene rings is 2. The summed E-state index contributed by atoms with van der Waals surface area (Å²) in [6, 6.07) is 14.0. The van der Waals surface area contributed by atoms with Gasteiger partial charge in [-0.3, -0.25) is 0 Å². The van der Waals surface area contributed by atoms with E-state index in [-0.39, 0.29) is 18.4 Å². The molecule has 2 aromatic carbocycles. The standard InChI is InChI=1S/C16H19NO.ClH/c1-11-7-6-8-12(2)16(11)18-15-10-5-4-9-14(15)13(3)17;/h4-10,13H,17H2,1-3H3;1H/t13-;/m1./s1. The maximum absolute atomic E-state index is 6.05. The van der Waals surface area contributed by atoms with Gasteiger partial charge in [-0.05, 0) is 38.0 Å². The highest BCUT2D eigenvalue weighted by Crippen LogP contribution is 2.32. The first-order valence-electron chi connectivity index (χ1n) is 6.18. The lowest BCUT2D eigenvalue weighted by Crippen LogP contribution is -2.06. The molecule has 0 amide bonds. The van der Waals surface area contributed by atoms with E-state index in [9.17, 15) is 0 Å². The van der Waals surface area contributed by atoms with Crippen molar-refractivity contribution in [1.82, 2.24) is 0 Å². The summed E-state index contributed by atoms with van der Waals surface area (Å²) < 4.78 is 6.05. The van der Waals surface area contributed by atoms with Gasteiger partial charge in [0.05, 0.1) is 0 Å². The van der Waals surface area contributed by atoms with E-state index in [2.05, 4.69) is 26.0 Å². The minimum absolute atomic E-state index is 0. The van der Waals surface area contributed by atoms with Crippen LogP contribution in [0.5, 0.6) is 11.5 Å². The minimum atomic E-state index is -0.0366. The number of para-hydroxylation sites is 2. The smallest absolute Gasteiger partial charge is 0.133 e.